The molecule has 12 heteroatoms. The van der Waals surface area contributed by atoms with Gasteiger partial charge in [-0.15, -0.1) is 6.07 Å². The van der Waals surface area contributed by atoms with Crippen LogP contribution in [0.4, 0.5) is 27.8 Å². The van der Waals surface area contributed by atoms with Crippen molar-refractivity contribution in [1.82, 2.24) is 24.9 Å². The molecule has 4 rings (SSSR count). The molecule has 180 valence electrons. The van der Waals surface area contributed by atoms with Crippen LogP contribution in [0.15, 0.2) is 42.5 Å². The van der Waals surface area contributed by atoms with Crippen LogP contribution in [0.3, 0.4) is 0 Å². The largest absolute Gasteiger partial charge is 2.00 e. The summed E-state index contributed by atoms with van der Waals surface area (Å²) >= 11 is 0. The van der Waals surface area contributed by atoms with Crippen LogP contribution < -0.4 is 4.98 Å². The van der Waals surface area contributed by atoms with Crippen LogP contribution in [0, 0.1) is 24.5 Å². The van der Waals surface area contributed by atoms with Gasteiger partial charge in [-0.3, -0.25) is 9.97 Å². The van der Waals surface area contributed by atoms with E-state index in [9.17, 15) is 22.0 Å². The third kappa shape index (κ3) is 5.12. The van der Waals surface area contributed by atoms with Crippen molar-refractivity contribution >= 4 is 5.82 Å². The quantitative estimate of drug-likeness (QED) is 0.163. The molecule has 4 heterocycles. The fraction of sp³-hybridized carbons (Fsp3) is 0.174. The van der Waals surface area contributed by atoms with E-state index in [1.165, 1.54) is 12.1 Å². The molecule has 0 aliphatic carbocycles. The van der Waals surface area contributed by atoms with E-state index < -0.39 is 35.0 Å². The molecule has 0 atom stereocenters. The zero-order valence-electron chi connectivity index (χ0n) is 17.9. The van der Waals surface area contributed by atoms with Gasteiger partial charge in [0.25, 0.3) is 0 Å². The Hall–Kier alpha value is -3.51. The SMILES string of the molecule is [C-]#[N+]c1[n-]c(-c2cccc(C(C)(C)c3cccc(-c4[c-]cc(F)nc4F)n3)n2)nc1C(F)(F)F.[Pt+2]. The number of aromatic nitrogens is 5. The molecule has 35 heavy (non-hydrogen) atoms. The summed E-state index contributed by atoms with van der Waals surface area (Å²) < 4.78 is 66.7. The van der Waals surface area contributed by atoms with E-state index in [1.807, 2.05) is 0 Å². The van der Waals surface area contributed by atoms with Crippen molar-refractivity contribution < 1.29 is 43.0 Å². The van der Waals surface area contributed by atoms with Crippen LogP contribution in [0.5, 0.6) is 0 Å². The summed E-state index contributed by atoms with van der Waals surface area (Å²) in [5, 5.41) is 0. The molecule has 0 spiro atoms. The van der Waals surface area contributed by atoms with E-state index in [-0.39, 0.29) is 43.8 Å². The van der Waals surface area contributed by atoms with Crippen molar-refractivity contribution in [2.75, 3.05) is 0 Å². The number of nitrogens with zero attached hydrogens (tertiary/aromatic N) is 6. The average Bonchev–Trinajstić information content (AvgIpc) is 3.25. The van der Waals surface area contributed by atoms with Crippen LogP contribution in [0.25, 0.3) is 27.6 Å². The molecule has 0 unspecified atom stereocenters. The third-order valence-electron chi connectivity index (χ3n) is 5.03. The monoisotopic (exact) mass is 663 g/mol. The molecular weight excluding hydrogens is 650 g/mol. The molecule has 0 aromatic carbocycles. The van der Waals surface area contributed by atoms with Crippen molar-refractivity contribution in [3.8, 4) is 22.8 Å². The summed E-state index contributed by atoms with van der Waals surface area (Å²) in [4.78, 5) is 22.0. The molecule has 0 radical (unpaired) electrons. The van der Waals surface area contributed by atoms with Crippen LogP contribution in [0.1, 0.15) is 30.9 Å². The van der Waals surface area contributed by atoms with Gasteiger partial charge in [-0.2, -0.15) is 13.2 Å². The fourth-order valence-corrected chi connectivity index (χ4v) is 3.23. The van der Waals surface area contributed by atoms with Gasteiger partial charge in [-0.1, -0.05) is 29.8 Å². The first-order chi connectivity index (χ1) is 16.0. The van der Waals surface area contributed by atoms with Gasteiger partial charge in [0.05, 0.1) is 11.5 Å². The molecule has 0 amide bonds. The molecule has 4 aromatic rings. The van der Waals surface area contributed by atoms with Crippen LogP contribution in [-0.2, 0) is 32.7 Å². The predicted octanol–water partition coefficient (Wildman–Crippen LogP) is 5.53. The first-order valence-electron chi connectivity index (χ1n) is 9.69. The molecule has 4 aromatic heterocycles. The Balaban J connectivity index is 0.00000342. The fourth-order valence-electron chi connectivity index (χ4n) is 3.23. The third-order valence-corrected chi connectivity index (χ3v) is 5.03. The molecule has 0 aliphatic rings. The zero-order valence-corrected chi connectivity index (χ0v) is 20.2. The molecule has 0 fully saturated rings. The van der Waals surface area contributed by atoms with E-state index in [2.05, 4.69) is 35.8 Å². The van der Waals surface area contributed by atoms with Gasteiger partial charge in [-0.25, -0.2) is 25.3 Å². The molecular formula is C23H13F5N6Pt. The summed E-state index contributed by atoms with van der Waals surface area (Å²) in [5.41, 5.74) is -1.29. The maximum absolute atomic E-state index is 14.1. The molecule has 0 N–H and O–H groups in total. The molecule has 0 bridgehead atoms. The van der Waals surface area contributed by atoms with Crippen LogP contribution in [0.2, 0.25) is 0 Å². The van der Waals surface area contributed by atoms with Gasteiger partial charge in [0.1, 0.15) is 23.3 Å². The van der Waals surface area contributed by atoms with Gasteiger partial charge in [0.15, 0.2) is 5.82 Å². The Morgan fingerprint density at radius 3 is 2.06 bits per heavy atom. The second kappa shape index (κ2) is 9.62. The minimum atomic E-state index is -4.83. The minimum absolute atomic E-state index is 0. The Kier molecular flexibility index (Phi) is 7.18. The van der Waals surface area contributed by atoms with E-state index in [0.29, 0.717) is 11.4 Å². The number of pyridine rings is 3. The number of imidazole rings is 1. The number of alkyl halides is 3. The summed E-state index contributed by atoms with van der Waals surface area (Å²) in [6, 6.07) is 12.8. The zero-order chi connectivity index (χ0) is 24.7. The maximum Gasteiger partial charge on any atom is 2.00 e. The first-order valence-corrected chi connectivity index (χ1v) is 9.69. The van der Waals surface area contributed by atoms with E-state index in [1.54, 1.807) is 38.1 Å². The smallest absolute Gasteiger partial charge is 0.549 e. The maximum atomic E-state index is 14.1. The van der Waals surface area contributed by atoms with Gasteiger partial charge in [-0.05, 0) is 37.7 Å². The van der Waals surface area contributed by atoms with Crippen molar-refractivity contribution in [3.05, 3.63) is 88.9 Å². The summed E-state index contributed by atoms with van der Waals surface area (Å²) in [5.74, 6) is -3.25. The number of hydrogen-bond donors (Lipinski definition) is 0. The standard InChI is InChI=1S/C23H13F5N6.Pt/c1-22(2,15-8-4-6-13(30-15)12-10-11-17(24)32-19(12)25)16-9-5-7-14(31-16)20-33-18(23(26,27)28)21(29-3)34-20;/h4-9,11H,1-2H3;/q-2;+2. The summed E-state index contributed by atoms with van der Waals surface area (Å²) in [6.45, 7) is 10.5. The van der Waals surface area contributed by atoms with Crippen LogP contribution in [-0.4, -0.2) is 19.9 Å². The van der Waals surface area contributed by atoms with Crippen molar-refractivity contribution in [3.63, 3.8) is 0 Å². The Morgan fingerprint density at radius 2 is 1.51 bits per heavy atom. The minimum Gasteiger partial charge on any atom is -0.549 e. The second-order valence-electron chi connectivity index (χ2n) is 7.66. The number of halogens is 5. The molecule has 0 aliphatic heterocycles. The van der Waals surface area contributed by atoms with E-state index in [4.69, 9.17) is 6.57 Å². The average molecular weight is 663 g/mol. The van der Waals surface area contributed by atoms with Gasteiger partial charge >= 0.3 is 27.2 Å². The molecule has 0 saturated carbocycles. The van der Waals surface area contributed by atoms with E-state index in [0.717, 1.165) is 6.07 Å². The molecule has 6 nitrogen and oxygen atoms in total. The Bertz CT molecular complexity index is 1420. The number of hydrogen-bond acceptors (Lipinski definition) is 4. The van der Waals surface area contributed by atoms with E-state index >= 15 is 0 Å². The second-order valence-corrected chi connectivity index (χ2v) is 7.66. The van der Waals surface area contributed by atoms with Gasteiger partial charge in [0, 0.05) is 11.1 Å². The summed E-state index contributed by atoms with van der Waals surface area (Å²) in [7, 11) is 0. The summed E-state index contributed by atoms with van der Waals surface area (Å²) in [6.07, 6.45) is -4.83. The van der Waals surface area contributed by atoms with Crippen LogP contribution >= 0.6 is 0 Å². The normalized spacial score (nSPS) is 11.6. The molecule has 0 saturated heterocycles. The van der Waals surface area contributed by atoms with Gasteiger partial charge in [0.2, 0.25) is 0 Å². The predicted molar refractivity (Wildman–Crippen MR) is 110 cm³/mol. The topological polar surface area (TPSA) is 70.0 Å². The Labute approximate surface area is 210 Å². The Morgan fingerprint density at radius 1 is 0.914 bits per heavy atom. The van der Waals surface area contributed by atoms with Crippen molar-refractivity contribution in [2.45, 2.75) is 25.4 Å². The number of rotatable bonds is 4. The van der Waals surface area contributed by atoms with Crippen molar-refractivity contribution in [2.24, 2.45) is 0 Å². The van der Waals surface area contributed by atoms with Crippen molar-refractivity contribution in [1.29, 1.82) is 0 Å². The first kappa shape index (κ1) is 26.1. The van der Waals surface area contributed by atoms with Gasteiger partial charge < -0.3 is 9.83 Å².